The number of carbonyl (C=O) groups excluding carboxylic acids is 1. The van der Waals surface area contributed by atoms with E-state index in [1.54, 1.807) is 6.20 Å². The van der Waals surface area contributed by atoms with Gasteiger partial charge >= 0.3 is 0 Å². The first-order chi connectivity index (χ1) is 7.31. The number of hydrogen-bond donors (Lipinski definition) is 2. The van der Waals surface area contributed by atoms with Crippen LogP contribution in [0.15, 0.2) is 36.5 Å². The van der Waals surface area contributed by atoms with Crippen LogP contribution in [0.4, 0.5) is 5.69 Å². The molecule has 0 saturated carbocycles. The summed E-state index contributed by atoms with van der Waals surface area (Å²) in [6, 6.07) is 9.32. The number of nitrogens with zero attached hydrogens (tertiary/aromatic N) is 1. The molecule has 1 aromatic carbocycles. The lowest BCUT2D eigenvalue weighted by molar-refractivity contribution is -0.114. The minimum absolute atomic E-state index is 0.0172. The molecular formula is C11H11N3O. The van der Waals surface area contributed by atoms with E-state index >= 15 is 0 Å². The maximum atomic E-state index is 11.2. The molecule has 0 fully saturated rings. The number of nitrogens with one attached hydrogen (secondary N) is 1. The van der Waals surface area contributed by atoms with Crippen molar-refractivity contribution in [1.29, 1.82) is 0 Å². The summed E-state index contributed by atoms with van der Waals surface area (Å²) >= 11 is 0. The lowest BCUT2D eigenvalue weighted by Gasteiger charge is -2.06. The molecule has 3 N–H and O–H groups in total. The first kappa shape index (κ1) is 9.61. The molecule has 4 nitrogen and oxygen atoms in total. The zero-order chi connectivity index (χ0) is 10.7. The van der Waals surface area contributed by atoms with Gasteiger partial charge in [-0.15, -0.1) is 0 Å². The van der Waals surface area contributed by atoms with Crippen molar-refractivity contribution in [3.63, 3.8) is 0 Å². The molecule has 15 heavy (non-hydrogen) atoms. The third-order valence-electron chi connectivity index (χ3n) is 2.11. The van der Waals surface area contributed by atoms with E-state index in [9.17, 15) is 4.79 Å². The van der Waals surface area contributed by atoms with Crippen LogP contribution in [0, 0.1) is 0 Å². The van der Waals surface area contributed by atoms with Gasteiger partial charge in [-0.25, -0.2) is 0 Å². The van der Waals surface area contributed by atoms with E-state index in [2.05, 4.69) is 10.3 Å². The van der Waals surface area contributed by atoms with E-state index in [0.29, 0.717) is 0 Å². The number of anilines is 1. The van der Waals surface area contributed by atoms with Crippen LogP contribution in [0.3, 0.4) is 0 Å². The van der Waals surface area contributed by atoms with Crippen LogP contribution < -0.4 is 11.1 Å². The molecule has 0 aliphatic carbocycles. The molecule has 1 heterocycles. The van der Waals surface area contributed by atoms with Gasteiger partial charge < -0.3 is 11.1 Å². The standard InChI is InChI=1S/C11H11N3O/c12-7-11(15)14-10-5-1-4-9-8(10)3-2-6-13-9/h1-6H,7,12H2,(H,14,15). The minimum Gasteiger partial charge on any atom is -0.324 e. The van der Waals surface area contributed by atoms with Crippen molar-refractivity contribution in [2.75, 3.05) is 11.9 Å². The second-order valence-electron chi connectivity index (χ2n) is 3.13. The number of benzene rings is 1. The highest BCUT2D eigenvalue weighted by Gasteiger charge is 2.03. The van der Waals surface area contributed by atoms with Crippen LogP contribution in [0.5, 0.6) is 0 Å². The van der Waals surface area contributed by atoms with Gasteiger partial charge in [0.15, 0.2) is 0 Å². The Morgan fingerprint density at radius 2 is 2.20 bits per heavy atom. The van der Waals surface area contributed by atoms with E-state index in [-0.39, 0.29) is 12.5 Å². The molecule has 4 heteroatoms. The summed E-state index contributed by atoms with van der Waals surface area (Å²) in [6.07, 6.45) is 1.72. The third-order valence-corrected chi connectivity index (χ3v) is 2.11. The van der Waals surface area contributed by atoms with Gasteiger partial charge in [0.25, 0.3) is 0 Å². The molecule has 1 aromatic heterocycles. The van der Waals surface area contributed by atoms with Gasteiger partial charge in [0.2, 0.25) is 5.91 Å². The summed E-state index contributed by atoms with van der Waals surface area (Å²) in [5, 5.41) is 3.65. The molecule has 0 saturated heterocycles. The lowest BCUT2D eigenvalue weighted by atomic mass is 10.2. The summed E-state index contributed by atoms with van der Waals surface area (Å²) < 4.78 is 0. The van der Waals surface area contributed by atoms with E-state index in [0.717, 1.165) is 16.6 Å². The second kappa shape index (κ2) is 4.06. The van der Waals surface area contributed by atoms with Crippen molar-refractivity contribution < 1.29 is 4.79 Å². The quantitative estimate of drug-likeness (QED) is 0.765. The summed E-state index contributed by atoms with van der Waals surface area (Å²) in [6.45, 7) is -0.0172. The second-order valence-corrected chi connectivity index (χ2v) is 3.13. The maximum Gasteiger partial charge on any atom is 0.238 e. The fraction of sp³-hybridized carbons (Fsp3) is 0.0909. The third kappa shape index (κ3) is 1.94. The van der Waals surface area contributed by atoms with Crippen molar-refractivity contribution in [1.82, 2.24) is 4.98 Å². The molecule has 0 spiro atoms. The van der Waals surface area contributed by atoms with E-state index in [4.69, 9.17) is 5.73 Å². The number of aromatic nitrogens is 1. The van der Waals surface area contributed by atoms with Crippen molar-refractivity contribution >= 4 is 22.5 Å². The van der Waals surface area contributed by atoms with Crippen LogP contribution in [0.2, 0.25) is 0 Å². The molecule has 1 amide bonds. The minimum atomic E-state index is -0.202. The average molecular weight is 201 g/mol. The molecule has 0 bridgehead atoms. The molecule has 0 radical (unpaired) electrons. The highest BCUT2D eigenvalue weighted by atomic mass is 16.1. The van der Waals surface area contributed by atoms with Gasteiger partial charge in [0, 0.05) is 11.6 Å². The first-order valence-electron chi connectivity index (χ1n) is 4.65. The van der Waals surface area contributed by atoms with Gasteiger partial charge in [-0.3, -0.25) is 9.78 Å². The summed E-state index contributed by atoms with van der Waals surface area (Å²) in [5.74, 6) is -0.202. The number of rotatable bonds is 2. The highest BCUT2D eigenvalue weighted by Crippen LogP contribution is 2.20. The predicted molar refractivity (Wildman–Crippen MR) is 59.4 cm³/mol. The Kier molecular flexibility index (Phi) is 2.60. The Bertz CT molecular complexity index is 491. The van der Waals surface area contributed by atoms with Crippen molar-refractivity contribution in [3.05, 3.63) is 36.5 Å². The molecule has 0 atom stereocenters. The summed E-state index contributed by atoms with van der Waals surface area (Å²) in [4.78, 5) is 15.4. The fourth-order valence-electron chi connectivity index (χ4n) is 1.41. The zero-order valence-corrected chi connectivity index (χ0v) is 8.10. The Morgan fingerprint density at radius 1 is 1.33 bits per heavy atom. The Morgan fingerprint density at radius 3 is 3.00 bits per heavy atom. The van der Waals surface area contributed by atoms with E-state index in [1.807, 2.05) is 30.3 Å². The van der Waals surface area contributed by atoms with Gasteiger partial charge in [0.1, 0.15) is 0 Å². The topological polar surface area (TPSA) is 68.0 Å². The number of pyridine rings is 1. The van der Waals surface area contributed by atoms with Gasteiger partial charge in [0.05, 0.1) is 17.7 Å². The molecule has 0 aliphatic heterocycles. The number of fused-ring (bicyclic) bond motifs is 1. The van der Waals surface area contributed by atoms with E-state index < -0.39 is 0 Å². The number of amides is 1. The average Bonchev–Trinajstić information content (AvgIpc) is 2.29. The highest BCUT2D eigenvalue weighted by molar-refractivity contribution is 6.01. The number of hydrogen-bond acceptors (Lipinski definition) is 3. The van der Waals surface area contributed by atoms with E-state index in [1.165, 1.54) is 0 Å². The predicted octanol–water partition coefficient (Wildman–Crippen LogP) is 1.13. The molecule has 76 valence electrons. The smallest absolute Gasteiger partial charge is 0.238 e. The Balaban J connectivity index is 2.46. The van der Waals surface area contributed by atoms with Gasteiger partial charge in [-0.1, -0.05) is 6.07 Å². The van der Waals surface area contributed by atoms with Crippen molar-refractivity contribution in [3.8, 4) is 0 Å². The normalized spacial score (nSPS) is 10.2. The molecular weight excluding hydrogens is 190 g/mol. The zero-order valence-electron chi connectivity index (χ0n) is 8.10. The number of nitrogens with two attached hydrogens (primary N) is 1. The van der Waals surface area contributed by atoms with Crippen LogP contribution in [-0.2, 0) is 4.79 Å². The van der Waals surface area contributed by atoms with Crippen LogP contribution in [-0.4, -0.2) is 17.4 Å². The largest absolute Gasteiger partial charge is 0.324 e. The first-order valence-corrected chi connectivity index (χ1v) is 4.65. The molecule has 2 rings (SSSR count). The van der Waals surface area contributed by atoms with Crippen molar-refractivity contribution in [2.45, 2.75) is 0 Å². The fourth-order valence-corrected chi connectivity index (χ4v) is 1.41. The lowest BCUT2D eigenvalue weighted by Crippen LogP contribution is -2.21. The Hall–Kier alpha value is -1.94. The van der Waals surface area contributed by atoms with Gasteiger partial charge in [-0.05, 0) is 24.3 Å². The number of carbonyl (C=O) groups is 1. The SMILES string of the molecule is NCC(=O)Nc1cccc2ncccc12. The molecule has 0 aliphatic rings. The summed E-state index contributed by atoms with van der Waals surface area (Å²) in [5.41, 5.74) is 6.84. The maximum absolute atomic E-state index is 11.2. The van der Waals surface area contributed by atoms with Crippen LogP contribution in [0.25, 0.3) is 10.9 Å². The molecule has 2 aromatic rings. The van der Waals surface area contributed by atoms with Crippen LogP contribution in [0.1, 0.15) is 0 Å². The summed E-state index contributed by atoms with van der Waals surface area (Å²) in [7, 11) is 0. The van der Waals surface area contributed by atoms with Gasteiger partial charge in [-0.2, -0.15) is 0 Å². The molecule has 0 unspecified atom stereocenters. The van der Waals surface area contributed by atoms with Crippen LogP contribution >= 0.6 is 0 Å². The van der Waals surface area contributed by atoms with Crippen molar-refractivity contribution in [2.24, 2.45) is 5.73 Å². The monoisotopic (exact) mass is 201 g/mol. The Labute approximate surface area is 87.1 Å².